The first-order valence-electron chi connectivity index (χ1n) is 7.51. The third-order valence-electron chi connectivity index (χ3n) is 3.51. The second-order valence-electron chi connectivity index (χ2n) is 5.61. The van der Waals surface area contributed by atoms with Gasteiger partial charge in [0.25, 0.3) is 0 Å². The molecule has 0 aromatic rings. The Hall–Kier alpha value is -0.570. The minimum Gasteiger partial charge on any atom is -0.355 e. The zero-order chi connectivity index (χ0) is 13.9. The highest BCUT2D eigenvalue weighted by Gasteiger charge is 2.24. The third-order valence-corrected chi connectivity index (χ3v) is 3.51. The van der Waals surface area contributed by atoms with Crippen molar-refractivity contribution in [3.8, 4) is 0 Å². The fourth-order valence-electron chi connectivity index (χ4n) is 1.80. The van der Waals surface area contributed by atoms with Crippen LogP contribution in [-0.4, -0.2) is 25.0 Å². The lowest BCUT2D eigenvalue weighted by Crippen LogP contribution is -2.51. The highest BCUT2D eigenvalue weighted by Crippen LogP contribution is 2.08. The number of likely N-dealkylation sites (N-methyl/N-ethyl adjacent to an activating group) is 1. The first-order chi connectivity index (χ1) is 8.54. The van der Waals surface area contributed by atoms with Crippen LogP contribution in [0.3, 0.4) is 0 Å². The average molecular weight is 256 g/mol. The van der Waals surface area contributed by atoms with Gasteiger partial charge in [0.1, 0.15) is 0 Å². The summed E-state index contributed by atoms with van der Waals surface area (Å²) in [6.07, 6.45) is 10.4. The van der Waals surface area contributed by atoms with E-state index in [2.05, 4.69) is 17.6 Å². The zero-order valence-electron chi connectivity index (χ0n) is 12.8. The molecule has 0 aromatic heterocycles. The molecule has 0 aliphatic rings. The summed E-state index contributed by atoms with van der Waals surface area (Å²) in [5.41, 5.74) is -0.458. The molecule has 0 rings (SSSR count). The summed E-state index contributed by atoms with van der Waals surface area (Å²) >= 11 is 0. The van der Waals surface area contributed by atoms with Crippen molar-refractivity contribution in [3.05, 3.63) is 0 Å². The molecule has 0 bridgehead atoms. The summed E-state index contributed by atoms with van der Waals surface area (Å²) in [6, 6.07) is 0. The van der Waals surface area contributed by atoms with E-state index in [0.29, 0.717) is 0 Å². The van der Waals surface area contributed by atoms with Crippen LogP contribution in [0.25, 0.3) is 0 Å². The molecule has 18 heavy (non-hydrogen) atoms. The van der Waals surface area contributed by atoms with E-state index < -0.39 is 5.54 Å². The minimum absolute atomic E-state index is 0.0907. The molecule has 0 spiro atoms. The van der Waals surface area contributed by atoms with E-state index in [-0.39, 0.29) is 5.91 Å². The van der Waals surface area contributed by atoms with Crippen molar-refractivity contribution in [3.63, 3.8) is 0 Å². The number of hydrogen-bond acceptors (Lipinski definition) is 2. The van der Waals surface area contributed by atoms with Crippen molar-refractivity contribution in [2.75, 3.05) is 13.6 Å². The molecule has 0 radical (unpaired) electrons. The summed E-state index contributed by atoms with van der Waals surface area (Å²) in [5.74, 6) is 0.0907. The van der Waals surface area contributed by atoms with Crippen LogP contribution in [0.4, 0.5) is 0 Å². The first kappa shape index (κ1) is 17.4. The number of rotatable bonds is 11. The zero-order valence-corrected chi connectivity index (χ0v) is 12.8. The number of amides is 1. The number of carbonyl (C=O) groups excluding carboxylic acids is 1. The normalized spacial score (nSPS) is 11.6. The highest BCUT2D eigenvalue weighted by molar-refractivity contribution is 5.85. The van der Waals surface area contributed by atoms with Crippen LogP contribution in [0.2, 0.25) is 0 Å². The maximum Gasteiger partial charge on any atom is 0.239 e. The van der Waals surface area contributed by atoms with Crippen LogP contribution in [0.5, 0.6) is 0 Å². The molecule has 0 aliphatic carbocycles. The number of nitrogens with one attached hydrogen (secondary N) is 2. The Labute approximate surface area is 113 Å². The van der Waals surface area contributed by atoms with Crippen LogP contribution in [0, 0.1) is 0 Å². The van der Waals surface area contributed by atoms with Crippen LogP contribution < -0.4 is 10.6 Å². The van der Waals surface area contributed by atoms with Gasteiger partial charge in [-0.3, -0.25) is 4.79 Å². The van der Waals surface area contributed by atoms with Crippen molar-refractivity contribution in [2.45, 2.75) is 77.7 Å². The first-order valence-corrected chi connectivity index (χ1v) is 7.51. The van der Waals surface area contributed by atoms with Gasteiger partial charge in [-0.05, 0) is 27.3 Å². The largest absolute Gasteiger partial charge is 0.355 e. The summed E-state index contributed by atoms with van der Waals surface area (Å²) < 4.78 is 0. The molecular formula is C15H32N2O. The molecule has 0 saturated carbocycles. The Morgan fingerprint density at radius 3 is 1.94 bits per heavy atom. The summed E-state index contributed by atoms with van der Waals surface area (Å²) in [7, 11) is 1.82. The second kappa shape index (κ2) is 10.4. The van der Waals surface area contributed by atoms with E-state index in [4.69, 9.17) is 0 Å². The van der Waals surface area contributed by atoms with Gasteiger partial charge < -0.3 is 10.6 Å². The van der Waals surface area contributed by atoms with Gasteiger partial charge in [-0.1, -0.05) is 51.9 Å². The topological polar surface area (TPSA) is 41.1 Å². The molecule has 1 amide bonds. The molecule has 2 N–H and O–H groups in total. The summed E-state index contributed by atoms with van der Waals surface area (Å²) in [4.78, 5) is 11.7. The van der Waals surface area contributed by atoms with Gasteiger partial charge in [-0.15, -0.1) is 0 Å². The van der Waals surface area contributed by atoms with Crippen LogP contribution in [0.1, 0.15) is 72.1 Å². The lowest BCUT2D eigenvalue weighted by atomic mass is 10.0. The SMILES string of the molecule is CCCCCCCCCCNC(=O)C(C)(C)NC. The highest BCUT2D eigenvalue weighted by atomic mass is 16.2. The molecule has 0 aromatic carbocycles. The molecule has 0 aliphatic heterocycles. The van der Waals surface area contributed by atoms with Crippen LogP contribution >= 0.6 is 0 Å². The lowest BCUT2D eigenvalue weighted by molar-refractivity contribution is -0.126. The van der Waals surface area contributed by atoms with Crippen molar-refractivity contribution in [2.24, 2.45) is 0 Å². The molecular weight excluding hydrogens is 224 g/mol. The van der Waals surface area contributed by atoms with E-state index >= 15 is 0 Å². The molecule has 0 fully saturated rings. The molecule has 0 unspecified atom stereocenters. The minimum atomic E-state index is -0.458. The van der Waals surface area contributed by atoms with Gasteiger partial charge in [0.05, 0.1) is 5.54 Å². The fourth-order valence-corrected chi connectivity index (χ4v) is 1.80. The Balaban J connectivity index is 3.33. The van der Waals surface area contributed by atoms with Gasteiger partial charge in [-0.2, -0.15) is 0 Å². The summed E-state index contributed by atoms with van der Waals surface area (Å²) in [6.45, 7) is 6.85. The molecule has 3 nitrogen and oxygen atoms in total. The van der Waals surface area contributed by atoms with Gasteiger partial charge in [0.2, 0.25) is 5.91 Å². The van der Waals surface area contributed by atoms with E-state index in [1.807, 2.05) is 20.9 Å². The second-order valence-corrected chi connectivity index (χ2v) is 5.61. The third kappa shape index (κ3) is 8.51. The molecule has 3 heteroatoms. The van der Waals surface area contributed by atoms with Crippen molar-refractivity contribution >= 4 is 5.91 Å². The van der Waals surface area contributed by atoms with Gasteiger partial charge in [0, 0.05) is 6.54 Å². The molecule has 0 heterocycles. The van der Waals surface area contributed by atoms with E-state index in [9.17, 15) is 4.79 Å². The number of carbonyl (C=O) groups is 1. The maximum absolute atomic E-state index is 11.7. The Kier molecular flexibility index (Phi) is 10.0. The van der Waals surface area contributed by atoms with E-state index in [1.54, 1.807) is 0 Å². The Morgan fingerprint density at radius 1 is 0.944 bits per heavy atom. The maximum atomic E-state index is 11.7. The van der Waals surface area contributed by atoms with Crippen LogP contribution in [0.15, 0.2) is 0 Å². The Bertz CT molecular complexity index is 215. The standard InChI is InChI=1S/C15H32N2O/c1-5-6-7-8-9-10-11-12-13-17-14(18)15(2,3)16-4/h16H,5-13H2,1-4H3,(H,17,18). The molecule has 108 valence electrons. The Morgan fingerprint density at radius 2 is 1.44 bits per heavy atom. The number of hydrogen-bond donors (Lipinski definition) is 2. The van der Waals surface area contributed by atoms with Gasteiger partial charge >= 0.3 is 0 Å². The fraction of sp³-hybridized carbons (Fsp3) is 0.933. The summed E-state index contributed by atoms with van der Waals surface area (Å²) in [5, 5.41) is 5.99. The predicted molar refractivity (Wildman–Crippen MR) is 78.8 cm³/mol. The smallest absolute Gasteiger partial charge is 0.239 e. The lowest BCUT2D eigenvalue weighted by Gasteiger charge is -2.22. The quantitative estimate of drug-likeness (QED) is 0.557. The van der Waals surface area contributed by atoms with Crippen molar-refractivity contribution in [1.29, 1.82) is 0 Å². The average Bonchev–Trinajstić information content (AvgIpc) is 2.36. The van der Waals surface area contributed by atoms with Crippen LogP contribution in [-0.2, 0) is 4.79 Å². The van der Waals surface area contributed by atoms with Crippen molar-refractivity contribution < 1.29 is 4.79 Å². The molecule has 0 atom stereocenters. The van der Waals surface area contributed by atoms with Gasteiger partial charge in [-0.25, -0.2) is 0 Å². The molecule has 0 saturated heterocycles. The van der Waals surface area contributed by atoms with Crippen molar-refractivity contribution in [1.82, 2.24) is 10.6 Å². The van der Waals surface area contributed by atoms with E-state index in [1.165, 1.54) is 44.9 Å². The number of unbranched alkanes of at least 4 members (excludes halogenated alkanes) is 7. The van der Waals surface area contributed by atoms with Gasteiger partial charge in [0.15, 0.2) is 0 Å². The monoisotopic (exact) mass is 256 g/mol. The predicted octanol–water partition coefficient (Wildman–Crippen LogP) is 3.24. The van der Waals surface area contributed by atoms with E-state index in [0.717, 1.165) is 13.0 Å².